The van der Waals surface area contributed by atoms with Crippen molar-refractivity contribution in [1.82, 2.24) is 4.90 Å². The molecule has 2 aliphatic carbocycles. The summed E-state index contributed by atoms with van der Waals surface area (Å²) < 4.78 is 5.74. The molecule has 1 amide bonds. The molecule has 2 aliphatic rings. The highest BCUT2D eigenvalue weighted by atomic mass is 32.2. The molecule has 22 heavy (non-hydrogen) atoms. The number of nitrogens with zero attached hydrogens (tertiary/aromatic N) is 1. The second-order valence-corrected chi connectivity index (χ2v) is 8.88. The maximum Gasteiger partial charge on any atom is 0.243 e. The van der Waals surface area contributed by atoms with E-state index >= 15 is 0 Å². The average molecular weight is 329 g/mol. The fourth-order valence-electron chi connectivity index (χ4n) is 3.93. The predicted molar refractivity (Wildman–Crippen MR) is 93.1 cm³/mol. The number of amides is 1. The fraction of sp³-hybridized carbons (Fsp3) is 0.941. The number of thioether (sulfide) groups is 1. The second kappa shape index (κ2) is 6.70. The van der Waals surface area contributed by atoms with Crippen LogP contribution in [0.25, 0.3) is 0 Å². The summed E-state index contributed by atoms with van der Waals surface area (Å²) >= 11 is 2.02. The van der Waals surface area contributed by atoms with Crippen LogP contribution in [0.2, 0.25) is 0 Å². The van der Waals surface area contributed by atoms with Crippen LogP contribution in [0.4, 0.5) is 0 Å². The summed E-state index contributed by atoms with van der Waals surface area (Å²) in [4.78, 5) is 14.9. The Bertz CT molecular complexity index is 415. The van der Waals surface area contributed by atoms with E-state index in [0.29, 0.717) is 24.3 Å². The Balaban J connectivity index is 1.99. The van der Waals surface area contributed by atoms with Gasteiger partial charge in [0.2, 0.25) is 5.91 Å². The Morgan fingerprint density at radius 2 is 2.05 bits per heavy atom. The molecule has 0 heterocycles. The SMILES string of the molecule is CCOC1CC(N)(C(=O)N(C)C2CCC(SCC)C2)C1(C)C. The topological polar surface area (TPSA) is 55.6 Å². The van der Waals surface area contributed by atoms with Crippen molar-refractivity contribution in [1.29, 1.82) is 0 Å². The molecule has 4 nitrogen and oxygen atoms in total. The zero-order valence-corrected chi connectivity index (χ0v) is 15.5. The first-order chi connectivity index (χ1) is 10.3. The van der Waals surface area contributed by atoms with E-state index in [1.807, 2.05) is 30.6 Å². The van der Waals surface area contributed by atoms with Crippen molar-refractivity contribution >= 4 is 17.7 Å². The van der Waals surface area contributed by atoms with Crippen molar-refractivity contribution in [2.45, 2.75) is 76.3 Å². The number of carbonyl (C=O) groups is 1. The van der Waals surface area contributed by atoms with E-state index in [0.717, 1.165) is 18.6 Å². The van der Waals surface area contributed by atoms with Crippen LogP contribution in [-0.2, 0) is 9.53 Å². The smallest absolute Gasteiger partial charge is 0.243 e. The van der Waals surface area contributed by atoms with Gasteiger partial charge in [-0.25, -0.2) is 0 Å². The minimum Gasteiger partial charge on any atom is -0.378 e. The predicted octanol–water partition coefficient (Wildman–Crippen LogP) is 2.65. The number of hydrogen-bond acceptors (Lipinski definition) is 4. The molecular formula is C17H32N2O2S. The van der Waals surface area contributed by atoms with Crippen molar-refractivity contribution in [3.63, 3.8) is 0 Å². The summed E-state index contributed by atoms with van der Waals surface area (Å²) in [6, 6.07) is 0.346. The molecule has 128 valence electrons. The molecular weight excluding hydrogens is 296 g/mol. The largest absolute Gasteiger partial charge is 0.378 e. The molecule has 0 saturated heterocycles. The number of ether oxygens (including phenoxy) is 1. The van der Waals surface area contributed by atoms with Crippen molar-refractivity contribution in [3.8, 4) is 0 Å². The minimum atomic E-state index is -0.780. The highest BCUT2D eigenvalue weighted by Crippen LogP contribution is 2.51. The number of nitrogens with two attached hydrogens (primary N) is 1. The van der Waals surface area contributed by atoms with Crippen molar-refractivity contribution in [3.05, 3.63) is 0 Å². The van der Waals surface area contributed by atoms with Gasteiger partial charge in [0.05, 0.1) is 6.10 Å². The van der Waals surface area contributed by atoms with Gasteiger partial charge >= 0.3 is 0 Å². The standard InChI is InChI=1S/C17H32N2O2S/c1-6-21-14-11-17(18,16(14,3)4)15(20)19(5)12-8-9-13(10-12)22-7-2/h12-14H,6-11,18H2,1-5H3. The summed E-state index contributed by atoms with van der Waals surface area (Å²) in [5.74, 6) is 1.25. The first-order valence-electron chi connectivity index (χ1n) is 8.57. The summed E-state index contributed by atoms with van der Waals surface area (Å²) in [7, 11) is 1.94. The van der Waals surface area contributed by atoms with Gasteiger partial charge in [-0.3, -0.25) is 4.79 Å². The van der Waals surface area contributed by atoms with Crippen LogP contribution in [0.5, 0.6) is 0 Å². The molecule has 0 bridgehead atoms. The Labute approximate surface area is 139 Å². The van der Waals surface area contributed by atoms with Gasteiger partial charge in [-0.15, -0.1) is 0 Å². The molecule has 2 N–H and O–H groups in total. The Hall–Kier alpha value is -0.260. The fourth-order valence-corrected chi connectivity index (χ4v) is 5.07. The quantitative estimate of drug-likeness (QED) is 0.814. The molecule has 0 aromatic heterocycles. The first-order valence-corrected chi connectivity index (χ1v) is 9.62. The summed E-state index contributed by atoms with van der Waals surface area (Å²) in [6.45, 7) is 8.99. The van der Waals surface area contributed by atoms with Crippen LogP contribution in [-0.4, -0.2) is 53.1 Å². The number of hydrogen-bond donors (Lipinski definition) is 1. The summed E-state index contributed by atoms with van der Waals surface area (Å²) in [6.07, 6.45) is 4.14. The molecule has 0 aromatic carbocycles. The number of carbonyl (C=O) groups excluding carboxylic acids is 1. The third kappa shape index (κ3) is 2.92. The van der Waals surface area contributed by atoms with E-state index in [4.69, 9.17) is 10.5 Å². The molecule has 0 spiro atoms. The van der Waals surface area contributed by atoms with Crippen LogP contribution in [0.3, 0.4) is 0 Å². The maximum atomic E-state index is 13.0. The van der Waals surface area contributed by atoms with Crippen molar-refractivity contribution < 1.29 is 9.53 Å². The van der Waals surface area contributed by atoms with Gasteiger partial charge in [0, 0.05) is 36.8 Å². The summed E-state index contributed by atoms with van der Waals surface area (Å²) in [5, 5.41) is 0.699. The van der Waals surface area contributed by atoms with E-state index in [2.05, 4.69) is 20.8 Å². The zero-order chi connectivity index (χ0) is 16.5. The molecule has 4 atom stereocenters. The van der Waals surface area contributed by atoms with Gasteiger partial charge in [-0.1, -0.05) is 20.8 Å². The molecule has 2 rings (SSSR count). The molecule has 0 aliphatic heterocycles. The highest BCUT2D eigenvalue weighted by Gasteiger charge is 2.63. The van der Waals surface area contributed by atoms with Crippen LogP contribution >= 0.6 is 11.8 Å². The van der Waals surface area contributed by atoms with Crippen LogP contribution < -0.4 is 5.73 Å². The van der Waals surface area contributed by atoms with Crippen LogP contribution in [0.1, 0.15) is 53.4 Å². The molecule has 4 unspecified atom stereocenters. The summed E-state index contributed by atoms with van der Waals surface area (Å²) in [5.41, 5.74) is 5.45. The van der Waals surface area contributed by atoms with Gasteiger partial charge < -0.3 is 15.4 Å². The minimum absolute atomic E-state index is 0.0897. The van der Waals surface area contributed by atoms with Gasteiger partial charge in [0.1, 0.15) is 5.54 Å². The third-order valence-corrected chi connectivity index (χ3v) is 7.07. The maximum absolute atomic E-state index is 13.0. The lowest BCUT2D eigenvalue weighted by atomic mass is 9.54. The molecule has 5 heteroatoms. The normalized spacial score (nSPS) is 36.9. The zero-order valence-electron chi connectivity index (χ0n) is 14.7. The number of rotatable bonds is 6. The second-order valence-electron chi connectivity index (χ2n) is 7.30. The van der Waals surface area contributed by atoms with E-state index in [1.54, 1.807) is 0 Å². The van der Waals surface area contributed by atoms with Crippen molar-refractivity contribution in [2.24, 2.45) is 11.1 Å². The average Bonchev–Trinajstić information content (AvgIpc) is 2.94. The molecule has 0 aromatic rings. The monoisotopic (exact) mass is 328 g/mol. The first kappa shape index (κ1) is 18.1. The Morgan fingerprint density at radius 3 is 2.59 bits per heavy atom. The lowest BCUT2D eigenvalue weighted by Crippen LogP contribution is -2.76. The third-order valence-electron chi connectivity index (χ3n) is 5.84. The van der Waals surface area contributed by atoms with Crippen molar-refractivity contribution in [2.75, 3.05) is 19.4 Å². The van der Waals surface area contributed by atoms with Gasteiger partial charge in [0.15, 0.2) is 0 Å². The van der Waals surface area contributed by atoms with Crippen LogP contribution in [0.15, 0.2) is 0 Å². The van der Waals surface area contributed by atoms with Gasteiger partial charge in [-0.05, 0) is 31.9 Å². The van der Waals surface area contributed by atoms with Gasteiger partial charge in [-0.2, -0.15) is 11.8 Å². The molecule has 0 radical (unpaired) electrons. The Morgan fingerprint density at radius 1 is 1.36 bits per heavy atom. The van der Waals surface area contributed by atoms with E-state index in [1.165, 1.54) is 6.42 Å². The van der Waals surface area contributed by atoms with E-state index in [9.17, 15) is 4.79 Å². The Kier molecular flexibility index (Phi) is 5.50. The number of likely N-dealkylation sites (N-methyl/N-ethyl adjacent to an activating group) is 1. The lowest BCUT2D eigenvalue weighted by molar-refractivity contribution is -0.179. The van der Waals surface area contributed by atoms with Gasteiger partial charge in [0.25, 0.3) is 0 Å². The highest BCUT2D eigenvalue weighted by molar-refractivity contribution is 7.99. The van der Waals surface area contributed by atoms with E-state index in [-0.39, 0.29) is 17.4 Å². The van der Waals surface area contributed by atoms with Crippen LogP contribution in [0, 0.1) is 5.41 Å². The molecule has 2 saturated carbocycles. The lowest BCUT2D eigenvalue weighted by Gasteiger charge is -2.58. The van der Waals surface area contributed by atoms with E-state index < -0.39 is 5.54 Å². The molecule has 2 fully saturated rings.